The van der Waals surface area contributed by atoms with E-state index in [2.05, 4.69) is 19.2 Å². The van der Waals surface area contributed by atoms with Crippen LogP contribution in [0.15, 0.2) is 41.0 Å². The predicted molar refractivity (Wildman–Crippen MR) is 122 cm³/mol. The number of hydrogen-bond donors (Lipinski definition) is 1. The van der Waals surface area contributed by atoms with Crippen molar-refractivity contribution in [1.29, 1.82) is 0 Å². The molecule has 0 unspecified atom stereocenters. The highest BCUT2D eigenvalue weighted by Crippen LogP contribution is 2.27. The highest BCUT2D eigenvalue weighted by Gasteiger charge is 2.22. The molecule has 0 aliphatic carbocycles. The molecule has 6 heteroatoms. The number of carbonyl (C=O) groups is 2. The molecule has 0 fully saturated rings. The van der Waals surface area contributed by atoms with Gasteiger partial charge in [0.1, 0.15) is 0 Å². The summed E-state index contributed by atoms with van der Waals surface area (Å²) in [5, 5.41) is 3.00. The average Bonchev–Trinajstić information content (AvgIpc) is 3.13. The first-order valence-corrected chi connectivity index (χ1v) is 10.4. The molecular formula is C24H35N3O3. The van der Waals surface area contributed by atoms with Crippen LogP contribution in [0.2, 0.25) is 0 Å². The SMILES string of the molecule is CC(C)CN(Cc1cc(NC(=O)CC(C)(C)C)ccc1N(C)C)C(=O)c1ccco1. The second-order valence-electron chi connectivity index (χ2n) is 9.58. The van der Waals surface area contributed by atoms with Crippen molar-refractivity contribution in [1.82, 2.24) is 4.90 Å². The zero-order chi connectivity index (χ0) is 22.5. The van der Waals surface area contributed by atoms with E-state index in [4.69, 9.17) is 4.42 Å². The van der Waals surface area contributed by atoms with Crippen LogP contribution in [0.5, 0.6) is 0 Å². The first kappa shape index (κ1) is 23.5. The number of nitrogens with zero attached hydrogens (tertiary/aromatic N) is 2. The largest absolute Gasteiger partial charge is 0.459 e. The van der Waals surface area contributed by atoms with Gasteiger partial charge >= 0.3 is 0 Å². The van der Waals surface area contributed by atoms with Gasteiger partial charge < -0.3 is 19.5 Å². The van der Waals surface area contributed by atoms with Gasteiger partial charge in [0.15, 0.2) is 5.76 Å². The molecule has 0 atom stereocenters. The average molecular weight is 414 g/mol. The summed E-state index contributed by atoms with van der Waals surface area (Å²) in [6.07, 6.45) is 1.95. The quantitative estimate of drug-likeness (QED) is 0.660. The molecule has 0 aliphatic rings. The van der Waals surface area contributed by atoms with Crippen molar-refractivity contribution < 1.29 is 14.0 Å². The van der Waals surface area contributed by atoms with Gasteiger partial charge in [-0.2, -0.15) is 0 Å². The first-order valence-electron chi connectivity index (χ1n) is 10.4. The van der Waals surface area contributed by atoms with Crippen molar-refractivity contribution in [3.8, 4) is 0 Å². The molecule has 2 aromatic rings. The van der Waals surface area contributed by atoms with Crippen molar-refractivity contribution >= 4 is 23.2 Å². The Kier molecular flexibility index (Phi) is 7.71. The minimum absolute atomic E-state index is 0.0169. The van der Waals surface area contributed by atoms with Crippen molar-refractivity contribution in [2.45, 2.75) is 47.6 Å². The van der Waals surface area contributed by atoms with E-state index >= 15 is 0 Å². The van der Waals surface area contributed by atoms with Gasteiger partial charge in [-0.05, 0) is 47.2 Å². The summed E-state index contributed by atoms with van der Waals surface area (Å²) < 4.78 is 5.34. The molecule has 0 saturated carbocycles. The zero-order valence-electron chi connectivity index (χ0n) is 19.3. The van der Waals surface area contributed by atoms with Crippen molar-refractivity contribution in [3.63, 3.8) is 0 Å². The summed E-state index contributed by atoms with van der Waals surface area (Å²) in [5.41, 5.74) is 2.62. The van der Waals surface area contributed by atoms with E-state index < -0.39 is 0 Å². The van der Waals surface area contributed by atoms with Crippen LogP contribution in [0, 0.1) is 11.3 Å². The summed E-state index contributed by atoms with van der Waals surface area (Å²) in [7, 11) is 3.94. The molecule has 1 heterocycles. The molecule has 0 aliphatic heterocycles. The molecule has 2 rings (SSSR count). The number of rotatable bonds is 8. The van der Waals surface area contributed by atoms with E-state index in [0.717, 1.165) is 16.9 Å². The van der Waals surface area contributed by atoms with E-state index in [1.807, 2.05) is 58.0 Å². The standard InChI is InChI=1S/C24H35N3O3/c1-17(2)15-27(23(29)21-9-8-12-30-21)16-18-13-19(10-11-20(18)26(6)7)25-22(28)14-24(3,4)5/h8-13,17H,14-16H2,1-7H3,(H,25,28). The lowest BCUT2D eigenvalue weighted by atomic mass is 9.92. The number of furan rings is 1. The van der Waals surface area contributed by atoms with Crippen LogP contribution in [-0.4, -0.2) is 37.4 Å². The Bertz CT molecular complexity index is 849. The van der Waals surface area contributed by atoms with Gasteiger partial charge in [-0.15, -0.1) is 0 Å². The molecule has 1 aromatic carbocycles. The number of hydrogen-bond acceptors (Lipinski definition) is 4. The second kappa shape index (κ2) is 9.83. The maximum absolute atomic E-state index is 13.0. The Labute approximate surface area is 180 Å². The van der Waals surface area contributed by atoms with Gasteiger partial charge in [-0.1, -0.05) is 34.6 Å². The highest BCUT2D eigenvalue weighted by molar-refractivity contribution is 5.92. The fourth-order valence-corrected chi connectivity index (χ4v) is 3.33. The van der Waals surface area contributed by atoms with Gasteiger partial charge in [0.05, 0.1) is 6.26 Å². The van der Waals surface area contributed by atoms with Crippen LogP contribution in [-0.2, 0) is 11.3 Å². The fourth-order valence-electron chi connectivity index (χ4n) is 3.33. The van der Waals surface area contributed by atoms with Crippen LogP contribution in [0.1, 0.15) is 57.2 Å². The Hall–Kier alpha value is -2.76. The molecule has 2 amide bonds. The summed E-state index contributed by atoms with van der Waals surface area (Å²) in [6, 6.07) is 9.25. The van der Waals surface area contributed by atoms with E-state index in [1.54, 1.807) is 17.0 Å². The molecular weight excluding hydrogens is 378 g/mol. The maximum Gasteiger partial charge on any atom is 0.289 e. The normalized spacial score (nSPS) is 11.5. The summed E-state index contributed by atoms with van der Waals surface area (Å²) >= 11 is 0. The number of benzene rings is 1. The van der Waals surface area contributed by atoms with Crippen molar-refractivity contribution in [3.05, 3.63) is 47.9 Å². The Balaban J connectivity index is 2.31. The lowest BCUT2D eigenvalue weighted by Gasteiger charge is -2.27. The second-order valence-corrected chi connectivity index (χ2v) is 9.58. The monoisotopic (exact) mass is 413 g/mol. The Morgan fingerprint density at radius 2 is 1.83 bits per heavy atom. The van der Waals surface area contributed by atoms with Gasteiger partial charge in [0.2, 0.25) is 5.91 Å². The minimum atomic E-state index is -0.138. The highest BCUT2D eigenvalue weighted by atomic mass is 16.3. The first-order chi connectivity index (χ1) is 14.0. The van der Waals surface area contributed by atoms with Gasteiger partial charge in [0, 0.05) is 45.0 Å². The number of amides is 2. The van der Waals surface area contributed by atoms with Crippen LogP contribution in [0.3, 0.4) is 0 Å². The van der Waals surface area contributed by atoms with Crippen LogP contribution < -0.4 is 10.2 Å². The molecule has 0 bridgehead atoms. The van der Waals surface area contributed by atoms with Gasteiger partial charge in [-0.3, -0.25) is 9.59 Å². The molecule has 1 N–H and O–H groups in total. The molecule has 30 heavy (non-hydrogen) atoms. The van der Waals surface area contributed by atoms with E-state index in [-0.39, 0.29) is 17.2 Å². The van der Waals surface area contributed by atoms with E-state index in [1.165, 1.54) is 6.26 Å². The Morgan fingerprint density at radius 1 is 1.13 bits per heavy atom. The molecule has 6 nitrogen and oxygen atoms in total. The molecule has 0 saturated heterocycles. The minimum Gasteiger partial charge on any atom is -0.459 e. The van der Waals surface area contributed by atoms with Crippen LogP contribution >= 0.6 is 0 Å². The maximum atomic E-state index is 13.0. The third-order valence-electron chi connectivity index (χ3n) is 4.50. The topological polar surface area (TPSA) is 65.8 Å². The van der Waals surface area contributed by atoms with Crippen LogP contribution in [0.4, 0.5) is 11.4 Å². The summed E-state index contributed by atoms with van der Waals surface area (Å²) in [6.45, 7) is 11.3. The molecule has 164 valence electrons. The van der Waals surface area contributed by atoms with Crippen molar-refractivity contribution in [2.24, 2.45) is 11.3 Å². The van der Waals surface area contributed by atoms with Gasteiger partial charge in [0.25, 0.3) is 5.91 Å². The third-order valence-corrected chi connectivity index (χ3v) is 4.50. The molecule has 1 aromatic heterocycles. The van der Waals surface area contributed by atoms with Crippen LogP contribution in [0.25, 0.3) is 0 Å². The summed E-state index contributed by atoms with van der Waals surface area (Å²) in [5.74, 6) is 0.482. The van der Waals surface area contributed by atoms with E-state index in [9.17, 15) is 9.59 Å². The Morgan fingerprint density at radius 3 is 2.37 bits per heavy atom. The number of carbonyl (C=O) groups excluding carboxylic acids is 2. The number of anilines is 2. The smallest absolute Gasteiger partial charge is 0.289 e. The lowest BCUT2D eigenvalue weighted by molar-refractivity contribution is -0.117. The number of nitrogens with one attached hydrogen (secondary N) is 1. The lowest BCUT2D eigenvalue weighted by Crippen LogP contribution is -2.34. The van der Waals surface area contributed by atoms with E-state index in [0.29, 0.717) is 31.2 Å². The molecule has 0 radical (unpaired) electrons. The third kappa shape index (κ3) is 6.94. The molecule has 0 spiro atoms. The summed E-state index contributed by atoms with van der Waals surface area (Å²) in [4.78, 5) is 29.2. The van der Waals surface area contributed by atoms with Gasteiger partial charge in [-0.25, -0.2) is 0 Å². The zero-order valence-corrected chi connectivity index (χ0v) is 19.3. The predicted octanol–water partition coefficient (Wildman–Crippen LogP) is 5.02. The fraction of sp³-hybridized carbons (Fsp3) is 0.500. The van der Waals surface area contributed by atoms with Crippen molar-refractivity contribution in [2.75, 3.05) is 30.9 Å².